The maximum absolute atomic E-state index is 13.7. The SMILES string of the molecule is CCOC(=O)CCNC(=O)c1ccc(N[C@@H](Cc2c[nH]c3ccccc23)C(=O)Nc2ccc(-c3cc4ccccc4o3)cc2)cc1. The fraction of sp³-hybridized carbons (Fsp3) is 0.162. The number of rotatable bonds is 12. The molecule has 6 rings (SSSR count). The van der Waals surface area contributed by atoms with E-state index in [4.69, 9.17) is 9.15 Å². The lowest BCUT2D eigenvalue weighted by molar-refractivity contribution is -0.142. The van der Waals surface area contributed by atoms with E-state index in [0.29, 0.717) is 30.0 Å². The molecule has 2 heterocycles. The molecule has 4 N–H and O–H groups in total. The van der Waals surface area contributed by atoms with Gasteiger partial charge in [0.15, 0.2) is 0 Å². The van der Waals surface area contributed by atoms with Crippen LogP contribution in [0, 0.1) is 0 Å². The summed E-state index contributed by atoms with van der Waals surface area (Å²) in [5, 5.41) is 11.2. The van der Waals surface area contributed by atoms with Crippen LogP contribution >= 0.6 is 0 Å². The van der Waals surface area contributed by atoms with Crippen molar-refractivity contribution in [2.75, 3.05) is 23.8 Å². The van der Waals surface area contributed by atoms with Crippen molar-refractivity contribution in [2.24, 2.45) is 0 Å². The largest absolute Gasteiger partial charge is 0.466 e. The van der Waals surface area contributed by atoms with Crippen molar-refractivity contribution in [1.82, 2.24) is 10.3 Å². The molecule has 9 heteroatoms. The summed E-state index contributed by atoms with van der Waals surface area (Å²) in [6.07, 6.45) is 2.45. The number of benzene rings is 4. The topological polar surface area (TPSA) is 125 Å². The zero-order valence-corrected chi connectivity index (χ0v) is 25.3. The van der Waals surface area contributed by atoms with Gasteiger partial charge in [0.25, 0.3) is 5.91 Å². The molecule has 0 saturated carbocycles. The zero-order chi connectivity index (χ0) is 31.9. The van der Waals surface area contributed by atoms with Crippen LogP contribution in [0.2, 0.25) is 0 Å². The highest BCUT2D eigenvalue weighted by molar-refractivity contribution is 5.98. The number of fused-ring (bicyclic) bond motifs is 2. The summed E-state index contributed by atoms with van der Waals surface area (Å²) in [4.78, 5) is 41.1. The van der Waals surface area contributed by atoms with E-state index >= 15 is 0 Å². The maximum atomic E-state index is 13.7. The average Bonchev–Trinajstić information content (AvgIpc) is 3.70. The number of anilines is 2. The maximum Gasteiger partial charge on any atom is 0.307 e. The zero-order valence-electron chi connectivity index (χ0n) is 25.3. The van der Waals surface area contributed by atoms with Crippen LogP contribution in [0.4, 0.5) is 11.4 Å². The number of nitrogens with one attached hydrogen (secondary N) is 4. The summed E-state index contributed by atoms with van der Waals surface area (Å²) in [6.45, 7) is 2.22. The highest BCUT2D eigenvalue weighted by atomic mass is 16.5. The molecule has 0 spiro atoms. The van der Waals surface area contributed by atoms with Crippen molar-refractivity contribution < 1.29 is 23.5 Å². The van der Waals surface area contributed by atoms with Gasteiger partial charge in [0, 0.05) is 58.0 Å². The van der Waals surface area contributed by atoms with Gasteiger partial charge in [-0.05, 0) is 79.2 Å². The van der Waals surface area contributed by atoms with E-state index in [9.17, 15) is 14.4 Å². The number of hydrogen-bond acceptors (Lipinski definition) is 6. The van der Waals surface area contributed by atoms with Gasteiger partial charge in [0.1, 0.15) is 17.4 Å². The van der Waals surface area contributed by atoms with E-state index in [1.54, 1.807) is 31.2 Å². The standard InChI is InChI=1S/C37H34N4O5/c1-2-45-35(42)19-20-38-36(43)25-13-17-28(18-14-25)40-32(21-27-23-39-31-9-5-4-8-30(27)31)37(44)41-29-15-11-24(12-16-29)34-22-26-7-3-6-10-33(26)46-34/h3-18,22-23,32,39-40H,2,19-21H2,1H3,(H,38,43)(H,41,44)/t32-/m0/s1. The third kappa shape index (κ3) is 7.10. The van der Waals surface area contributed by atoms with Crippen LogP contribution in [-0.4, -0.2) is 42.0 Å². The summed E-state index contributed by atoms with van der Waals surface area (Å²) in [7, 11) is 0. The van der Waals surface area contributed by atoms with Gasteiger partial charge in [-0.25, -0.2) is 0 Å². The molecular formula is C37H34N4O5. The molecule has 0 saturated heterocycles. The van der Waals surface area contributed by atoms with Crippen molar-refractivity contribution in [3.63, 3.8) is 0 Å². The second-order valence-corrected chi connectivity index (χ2v) is 10.9. The van der Waals surface area contributed by atoms with Crippen LogP contribution in [0.15, 0.2) is 114 Å². The Kier molecular flexibility index (Phi) is 9.10. The lowest BCUT2D eigenvalue weighted by Gasteiger charge is -2.20. The molecule has 0 aliphatic carbocycles. The Morgan fingerprint density at radius 1 is 0.870 bits per heavy atom. The van der Waals surface area contributed by atoms with Gasteiger partial charge in [-0.1, -0.05) is 36.4 Å². The molecule has 0 aliphatic heterocycles. The molecule has 0 radical (unpaired) electrons. The molecule has 1 atom stereocenters. The van der Waals surface area contributed by atoms with E-state index in [-0.39, 0.29) is 30.7 Å². The van der Waals surface area contributed by atoms with Gasteiger partial charge >= 0.3 is 5.97 Å². The second-order valence-electron chi connectivity index (χ2n) is 10.9. The van der Waals surface area contributed by atoms with Crippen molar-refractivity contribution in [2.45, 2.75) is 25.8 Å². The first-order chi connectivity index (χ1) is 22.5. The first-order valence-electron chi connectivity index (χ1n) is 15.2. The summed E-state index contributed by atoms with van der Waals surface area (Å²) >= 11 is 0. The second kappa shape index (κ2) is 13.9. The molecule has 0 unspecified atom stereocenters. The molecule has 0 fully saturated rings. The number of carbonyl (C=O) groups is 3. The Hall–Kier alpha value is -5.83. The van der Waals surface area contributed by atoms with E-state index in [0.717, 1.165) is 38.8 Å². The lowest BCUT2D eigenvalue weighted by atomic mass is 10.0. The van der Waals surface area contributed by atoms with Crippen LogP contribution in [0.5, 0.6) is 0 Å². The van der Waals surface area contributed by atoms with Crippen molar-refractivity contribution in [1.29, 1.82) is 0 Å². The quantitative estimate of drug-likeness (QED) is 0.111. The van der Waals surface area contributed by atoms with Crippen LogP contribution in [0.1, 0.15) is 29.3 Å². The highest BCUT2D eigenvalue weighted by Gasteiger charge is 2.21. The summed E-state index contributed by atoms with van der Waals surface area (Å²) in [5.41, 5.74) is 5.51. The molecular weight excluding hydrogens is 580 g/mol. The number of carbonyl (C=O) groups excluding carboxylic acids is 3. The van der Waals surface area contributed by atoms with Gasteiger partial charge < -0.3 is 30.1 Å². The van der Waals surface area contributed by atoms with E-state index in [2.05, 4.69) is 20.9 Å². The van der Waals surface area contributed by atoms with Gasteiger partial charge in [0.2, 0.25) is 5.91 Å². The first-order valence-corrected chi connectivity index (χ1v) is 15.2. The molecule has 2 amide bonds. The Morgan fingerprint density at radius 3 is 2.39 bits per heavy atom. The third-order valence-electron chi connectivity index (χ3n) is 7.69. The fourth-order valence-corrected chi connectivity index (χ4v) is 5.33. The van der Waals surface area contributed by atoms with E-state index in [1.165, 1.54) is 0 Å². The first kappa shape index (κ1) is 30.2. The van der Waals surface area contributed by atoms with Crippen LogP contribution in [-0.2, 0) is 20.7 Å². The average molecular weight is 615 g/mol. The van der Waals surface area contributed by atoms with Crippen LogP contribution in [0.3, 0.4) is 0 Å². The monoisotopic (exact) mass is 614 g/mol. The van der Waals surface area contributed by atoms with E-state index in [1.807, 2.05) is 85.1 Å². The van der Waals surface area contributed by atoms with Gasteiger partial charge in [-0.3, -0.25) is 14.4 Å². The van der Waals surface area contributed by atoms with Crippen molar-refractivity contribution in [3.05, 3.63) is 120 Å². The molecule has 4 aromatic carbocycles. The molecule has 46 heavy (non-hydrogen) atoms. The predicted molar refractivity (Wildman–Crippen MR) is 180 cm³/mol. The molecule has 0 aliphatic rings. The minimum atomic E-state index is -0.626. The number of ether oxygens (including phenoxy) is 1. The van der Waals surface area contributed by atoms with Gasteiger partial charge in [-0.15, -0.1) is 0 Å². The number of H-pyrrole nitrogens is 1. The Labute approximate surface area is 266 Å². The summed E-state index contributed by atoms with van der Waals surface area (Å²) < 4.78 is 10.9. The fourth-order valence-electron chi connectivity index (χ4n) is 5.33. The normalized spacial score (nSPS) is 11.7. The number of hydrogen-bond donors (Lipinski definition) is 4. The number of amides is 2. The van der Waals surface area contributed by atoms with Crippen LogP contribution in [0.25, 0.3) is 33.2 Å². The minimum absolute atomic E-state index is 0.104. The molecule has 9 nitrogen and oxygen atoms in total. The molecule has 6 aromatic rings. The van der Waals surface area contributed by atoms with Crippen molar-refractivity contribution >= 4 is 51.0 Å². The Morgan fingerprint density at radius 2 is 1.61 bits per heavy atom. The van der Waals surface area contributed by atoms with Crippen molar-refractivity contribution in [3.8, 4) is 11.3 Å². The van der Waals surface area contributed by atoms with Crippen LogP contribution < -0.4 is 16.0 Å². The summed E-state index contributed by atoms with van der Waals surface area (Å²) in [5.74, 6) is -0.101. The Balaban J connectivity index is 1.16. The molecule has 232 valence electrons. The third-order valence-corrected chi connectivity index (χ3v) is 7.69. The number of furan rings is 1. The number of aromatic nitrogens is 1. The number of para-hydroxylation sites is 2. The lowest BCUT2D eigenvalue weighted by Crippen LogP contribution is -2.36. The number of aromatic amines is 1. The molecule has 0 bridgehead atoms. The van der Waals surface area contributed by atoms with Gasteiger partial charge in [0.05, 0.1) is 13.0 Å². The number of esters is 1. The smallest absolute Gasteiger partial charge is 0.307 e. The predicted octanol–water partition coefficient (Wildman–Crippen LogP) is 6.93. The Bertz CT molecular complexity index is 1940. The van der Waals surface area contributed by atoms with Gasteiger partial charge in [-0.2, -0.15) is 0 Å². The summed E-state index contributed by atoms with van der Waals surface area (Å²) in [6, 6.07) is 31.7. The minimum Gasteiger partial charge on any atom is -0.466 e. The highest BCUT2D eigenvalue weighted by Crippen LogP contribution is 2.29. The van der Waals surface area contributed by atoms with E-state index < -0.39 is 6.04 Å². The molecule has 2 aromatic heterocycles.